The van der Waals surface area contributed by atoms with Crippen LogP contribution in [-0.2, 0) is 11.2 Å². The molecule has 0 fully saturated rings. The van der Waals surface area contributed by atoms with Gasteiger partial charge in [0, 0.05) is 0 Å². The highest BCUT2D eigenvalue weighted by Crippen LogP contribution is 2.06. The molecule has 57 valence electrons. The second-order valence-electron chi connectivity index (χ2n) is 2.34. The van der Waals surface area contributed by atoms with Gasteiger partial charge < -0.3 is 5.11 Å². The van der Waals surface area contributed by atoms with E-state index in [0.717, 1.165) is 11.1 Å². The fourth-order valence-corrected chi connectivity index (χ4v) is 0.893. The number of hydrogen-bond donors (Lipinski definition) is 1. The molecule has 0 aliphatic heterocycles. The van der Waals surface area contributed by atoms with E-state index in [0.29, 0.717) is 0 Å². The lowest BCUT2D eigenvalue weighted by molar-refractivity contribution is -0.136. The Balaban J connectivity index is 2.86. The number of rotatable bonds is 2. The summed E-state index contributed by atoms with van der Waals surface area (Å²) in [6, 6.07) is 7.23. The third kappa shape index (κ3) is 2.08. The van der Waals surface area contributed by atoms with Crippen molar-refractivity contribution in [3.05, 3.63) is 42.3 Å². The summed E-state index contributed by atoms with van der Waals surface area (Å²) >= 11 is 0. The zero-order valence-corrected chi connectivity index (χ0v) is 6.08. The van der Waals surface area contributed by atoms with Gasteiger partial charge in [-0.25, -0.2) is 0 Å². The molecule has 0 aliphatic rings. The first-order valence-electron chi connectivity index (χ1n) is 3.32. The molecule has 0 unspecified atom stereocenters. The van der Waals surface area contributed by atoms with Crippen molar-refractivity contribution in [2.75, 3.05) is 0 Å². The zero-order valence-electron chi connectivity index (χ0n) is 6.08. The Kier molecular flexibility index (Phi) is 2.26. The molecule has 0 spiro atoms. The van der Waals surface area contributed by atoms with E-state index in [2.05, 4.69) is 6.92 Å². The molecule has 11 heavy (non-hydrogen) atoms. The first kappa shape index (κ1) is 7.79. The fraction of sp³-hybridized carbons (Fsp3) is 0.111. The highest BCUT2D eigenvalue weighted by atomic mass is 16.4. The summed E-state index contributed by atoms with van der Waals surface area (Å²) in [5.41, 5.74) is 1.56. The maximum Gasteiger partial charge on any atom is 0.307 e. The van der Waals surface area contributed by atoms with E-state index in [9.17, 15) is 4.79 Å². The van der Waals surface area contributed by atoms with Crippen molar-refractivity contribution < 1.29 is 9.90 Å². The highest BCUT2D eigenvalue weighted by Gasteiger charge is 2.01. The van der Waals surface area contributed by atoms with Gasteiger partial charge in [0.1, 0.15) is 0 Å². The highest BCUT2D eigenvalue weighted by molar-refractivity contribution is 5.70. The van der Waals surface area contributed by atoms with E-state index in [4.69, 9.17) is 5.11 Å². The third-order valence-electron chi connectivity index (χ3n) is 1.46. The number of aliphatic carboxylic acids is 1. The smallest absolute Gasteiger partial charge is 0.307 e. The minimum absolute atomic E-state index is 0.0552. The van der Waals surface area contributed by atoms with Crippen LogP contribution in [0.3, 0.4) is 0 Å². The summed E-state index contributed by atoms with van der Waals surface area (Å²) < 4.78 is 0. The summed E-state index contributed by atoms with van der Waals surface area (Å²) in [6.45, 7) is 3.71. The molecule has 0 atom stereocenters. The van der Waals surface area contributed by atoms with Crippen LogP contribution in [0, 0.1) is 6.92 Å². The minimum atomic E-state index is -0.818. The van der Waals surface area contributed by atoms with Crippen LogP contribution in [0.4, 0.5) is 0 Å². The average molecular weight is 149 g/mol. The first-order chi connectivity index (χ1) is 5.20. The SMILES string of the molecule is [CH2]c1ccccc1CC(=O)O. The summed E-state index contributed by atoms with van der Waals surface area (Å²) in [6.07, 6.45) is 0.0552. The van der Waals surface area contributed by atoms with Crippen molar-refractivity contribution in [3.8, 4) is 0 Å². The first-order valence-corrected chi connectivity index (χ1v) is 3.32. The van der Waals surface area contributed by atoms with Gasteiger partial charge >= 0.3 is 5.97 Å². The van der Waals surface area contributed by atoms with Gasteiger partial charge in [-0.2, -0.15) is 0 Å². The number of benzene rings is 1. The van der Waals surface area contributed by atoms with Crippen molar-refractivity contribution >= 4 is 5.97 Å². The molecule has 0 heterocycles. The lowest BCUT2D eigenvalue weighted by atomic mass is 10.1. The van der Waals surface area contributed by atoms with Gasteiger partial charge in [-0.1, -0.05) is 24.3 Å². The summed E-state index contributed by atoms with van der Waals surface area (Å²) in [5, 5.41) is 8.46. The number of carbonyl (C=O) groups is 1. The Morgan fingerprint density at radius 1 is 1.45 bits per heavy atom. The van der Waals surface area contributed by atoms with Crippen LogP contribution in [0.2, 0.25) is 0 Å². The Bertz CT molecular complexity index is 266. The van der Waals surface area contributed by atoms with Gasteiger partial charge in [-0.15, -0.1) is 0 Å². The van der Waals surface area contributed by atoms with Gasteiger partial charge in [-0.05, 0) is 18.1 Å². The van der Waals surface area contributed by atoms with Crippen LogP contribution < -0.4 is 0 Å². The Morgan fingerprint density at radius 3 is 2.64 bits per heavy atom. The standard InChI is InChI=1S/C9H9O2/c1-7-4-2-3-5-8(7)6-9(10)11/h2-5H,1,6H2,(H,10,11). The molecule has 1 N–H and O–H groups in total. The molecule has 0 aromatic heterocycles. The van der Waals surface area contributed by atoms with E-state index in [-0.39, 0.29) is 6.42 Å². The van der Waals surface area contributed by atoms with Crippen molar-refractivity contribution in [1.82, 2.24) is 0 Å². The van der Waals surface area contributed by atoms with E-state index >= 15 is 0 Å². The van der Waals surface area contributed by atoms with Crippen LogP contribution in [0.15, 0.2) is 24.3 Å². The number of carboxylic acids is 1. The second-order valence-corrected chi connectivity index (χ2v) is 2.34. The predicted molar refractivity (Wildman–Crippen MR) is 42.2 cm³/mol. The molecular formula is C9H9O2. The minimum Gasteiger partial charge on any atom is -0.481 e. The van der Waals surface area contributed by atoms with Crippen LogP contribution in [-0.4, -0.2) is 11.1 Å². The zero-order chi connectivity index (χ0) is 8.27. The molecule has 1 radical (unpaired) electrons. The average Bonchev–Trinajstić information content (AvgIpc) is 1.93. The second kappa shape index (κ2) is 3.19. The summed E-state index contributed by atoms with van der Waals surface area (Å²) in [4.78, 5) is 10.3. The Labute approximate surface area is 65.5 Å². The summed E-state index contributed by atoms with van der Waals surface area (Å²) in [5.74, 6) is -0.818. The molecule has 2 heteroatoms. The molecule has 0 amide bonds. The van der Waals surface area contributed by atoms with E-state index in [1.807, 2.05) is 12.1 Å². The van der Waals surface area contributed by atoms with Crippen LogP contribution in [0.25, 0.3) is 0 Å². The predicted octanol–water partition coefficient (Wildman–Crippen LogP) is 1.50. The monoisotopic (exact) mass is 149 g/mol. The maximum atomic E-state index is 10.3. The molecular weight excluding hydrogens is 140 g/mol. The van der Waals surface area contributed by atoms with Crippen LogP contribution in [0.5, 0.6) is 0 Å². The van der Waals surface area contributed by atoms with Crippen molar-refractivity contribution in [2.24, 2.45) is 0 Å². The molecule has 0 saturated carbocycles. The van der Waals surface area contributed by atoms with Crippen LogP contribution in [0.1, 0.15) is 11.1 Å². The summed E-state index contributed by atoms with van der Waals surface area (Å²) in [7, 11) is 0. The molecule has 1 aromatic carbocycles. The van der Waals surface area contributed by atoms with Gasteiger partial charge in [0.05, 0.1) is 6.42 Å². The number of carboxylic acid groups (broad SMARTS) is 1. The third-order valence-corrected chi connectivity index (χ3v) is 1.46. The molecule has 1 aromatic rings. The van der Waals surface area contributed by atoms with Crippen molar-refractivity contribution in [3.63, 3.8) is 0 Å². The fourth-order valence-electron chi connectivity index (χ4n) is 0.893. The van der Waals surface area contributed by atoms with Gasteiger partial charge in [-0.3, -0.25) is 4.79 Å². The largest absolute Gasteiger partial charge is 0.481 e. The van der Waals surface area contributed by atoms with Crippen molar-refractivity contribution in [2.45, 2.75) is 6.42 Å². The maximum absolute atomic E-state index is 10.3. The van der Waals surface area contributed by atoms with Gasteiger partial charge in [0.25, 0.3) is 0 Å². The Morgan fingerprint density at radius 2 is 2.09 bits per heavy atom. The molecule has 0 saturated heterocycles. The topological polar surface area (TPSA) is 37.3 Å². The number of hydrogen-bond acceptors (Lipinski definition) is 1. The molecule has 2 nitrogen and oxygen atoms in total. The molecule has 0 aliphatic carbocycles. The molecule has 1 rings (SSSR count). The lowest BCUT2D eigenvalue weighted by Gasteiger charge is -1.99. The lowest BCUT2D eigenvalue weighted by Crippen LogP contribution is -2.01. The van der Waals surface area contributed by atoms with E-state index in [1.54, 1.807) is 12.1 Å². The van der Waals surface area contributed by atoms with E-state index in [1.165, 1.54) is 0 Å². The van der Waals surface area contributed by atoms with Gasteiger partial charge in [0.15, 0.2) is 0 Å². The van der Waals surface area contributed by atoms with Gasteiger partial charge in [0.2, 0.25) is 0 Å². The van der Waals surface area contributed by atoms with Crippen molar-refractivity contribution in [1.29, 1.82) is 0 Å². The quantitative estimate of drug-likeness (QED) is 0.691. The van der Waals surface area contributed by atoms with Crippen LogP contribution >= 0.6 is 0 Å². The Hall–Kier alpha value is -1.31. The molecule has 0 bridgehead atoms. The van der Waals surface area contributed by atoms with E-state index < -0.39 is 5.97 Å². The normalized spacial score (nSPS) is 9.55.